The third-order valence-corrected chi connectivity index (χ3v) is 2.19. The topological polar surface area (TPSA) is 79.7 Å². The van der Waals surface area contributed by atoms with Crippen molar-refractivity contribution in [2.75, 3.05) is 7.11 Å². The molecule has 0 radical (unpaired) electrons. The molecule has 1 aromatic rings. The van der Waals surface area contributed by atoms with Gasteiger partial charge in [-0.05, 0) is 31.5 Å². The fourth-order valence-corrected chi connectivity index (χ4v) is 1.47. The number of aliphatic hydroxyl groups excluding tert-OH is 2. The molecule has 1 rings (SSSR count). The smallest absolute Gasteiger partial charge is 0.337 e. The molecule has 16 heavy (non-hydrogen) atoms. The molecule has 0 bridgehead atoms. The zero-order valence-electron chi connectivity index (χ0n) is 9.47. The molecule has 0 fully saturated rings. The lowest BCUT2D eigenvalue weighted by atomic mass is 10.0. The Morgan fingerprint density at radius 2 is 1.81 bits per heavy atom. The maximum atomic E-state index is 11.0. The Morgan fingerprint density at radius 1 is 1.31 bits per heavy atom. The molecule has 0 saturated carbocycles. The lowest BCUT2D eigenvalue weighted by Crippen LogP contribution is -2.29. The Bertz CT molecular complexity index is 371. The summed E-state index contributed by atoms with van der Waals surface area (Å²) in [6, 6.07) is 3.23. The van der Waals surface area contributed by atoms with Gasteiger partial charge in [-0.1, -0.05) is 0 Å². The Kier molecular flexibility index (Phi) is 3.98. The number of hydrogen-bond donors (Lipinski definition) is 2. The Labute approximate surface area is 93.7 Å². The number of esters is 1. The number of hydrogen-bond acceptors (Lipinski definition) is 5. The molecular weight excluding hydrogens is 210 g/mol. The first-order valence-corrected chi connectivity index (χ1v) is 4.85. The van der Waals surface area contributed by atoms with Crippen LogP contribution in [-0.2, 0) is 9.53 Å². The lowest BCUT2D eigenvalue weighted by Gasteiger charge is -2.16. The number of methoxy groups -OCH3 is 1. The summed E-state index contributed by atoms with van der Waals surface area (Å²) in [5, 5.41) is 19.2. The molecule has 0 aliphatic heterocycles. The van der Waals surface area contributed by atoms with Crippen LogP contribution >= 0.6 is 0 Å². The van der Waals surface area contributed by atoms with Crippen molar-refractivity contribution in [1.29, 1.82) is 0 Å². The molecule has 5 nitrogen and oxygen atoms in total. The van der Waals surface area contributed by atoms with Crippen LogP contribution in [-0.4, -0.2) is 34.4 Å². The van der Waals surface area contributed by atoms with E-state index < -0.39 is 18.2 Å². The van der Waals surface area contributed by atoms with Gasteiger partial charge in [0.1, 0.15) is 6.10 Å². The molecule has 1 aromatic heterocycles. The summed E-state index contributed by atoms with van der Waals surface area (Å²) in [5.74, 6) is -0.861. The van der Waals surface area contributed by atoms with Gasteiger partial charge in [0.15, 0.2) is 6.10 Å². The summed E-state index contributed by atoms with van der Waals surface area (Å²) in [5.41, 5.74) is 1.88. The van der Waals surface area contributed by atoms with Crippen LogP contribution in [0.4, 0.5) is 0 Å². The molecule has 0 aliphatic carbocycles. The average Bonchev–Trinajstić information content (AvgIpc) is 2.24. The molecule has 5 heteroatoms. The fourth-order valence-electron chi connectivity index (χ4n) is 1.47. The van der Waals surface area contributed by atoms with E-state index >= 15 is 0 Å². The van der Waals surface area contributed by atoms with E-state index in [2.05, 4.69) is 9.72 Å². The molecule has 0 spiro atoms. The minimum absolute atomic E-state index is 0.447. The van der Waals surface area contributed by atoms with Crippen molar-refractivity contribution in [2.24, 2.45) is 0 Å². The van der Waals surface area contributed by atoms with Gasteiger partial charge in [-0.15, -0.1) is 0 Å². The van der Waals surface area contributed by atoms with E-state index in [4.69, 9.17) is 0 Å². The zero-order valence-corrected chi connectivity index (χ0v) is 9.47. The van der Waals surface area contributed by atoms with Gasteiger partial charge in [0, 0.05) is 11.4 Å². The maximum Gasteiger partial charge on any atom is 0.337 e. The number of carbonyl (C=O) groups is 1. The van der Waals surface area contributed by atoms with Crippen LogP contribution in [0.5, 0.6) is 0 Å². The van der Waals surface area contributed by atoms with E-state index in [0.29, 0.717) is 17.0 Å². The number of nitrogens with zero attached hydrogens (tertiary/aromatic N) is 1. The third-order valence-electron chi connectivity index (χ3n) is 2.19. The van der Waals surface area contributed by atoms with Crippen molar-refractivity contribution in [3.8, 4) is 0 Å². The number of aliphatic hydroxyl groups is 2. The van der Waals surface area contributed by atoms with E-state index in [1.54, 1.807) is 26.0 Å². The lowest BCUT2D eigenvalue weighted by molar-refractivity contribution is -0.156. The standard InChI is InChI=1S/C11H15NO4/c1-6-4-8(5-7(2)12-6)9(13)10(14)11(15)16-3/h4-5,9-10,13-14H,1-3H3. The normalized spacial score (nSPS) is 14.3. The fraction of sp³-hybridized carbons (Fsp3) is 0.455. The summed E-state index contributed by atoms with van der Waals surface area (Å²) in [7, 11) is 1.15. The predicted octanol–water partition coefficient (Wildman–Crippen LogP) is 0.266. The van der Waals surface area contributed by atoms with Gasteiger partial charge in [-0.2, -0.15) is 0 Å². The maximum absolute atomic E-state index is 11.0. The number of rotatable bonds is 3. The van der Waals surface area contributed by atoms with Crippen molar-refractivity contribution in [3.05, 3.63) is 29.1 Å². The highest BCUT2D eigenvalue weighted by Gasteiger charge is 2.26. The second-order valence-corrected chi connectivity index (χ2v) is 3.60. The highest BCUT2D eigenvalue weighted by atomic mass is 16.5. The summed E-state index contributed by atoms with van der Waals surface area (Å²) in [6.07, 6.45) is -2.88. The van der Waals surface area contributed by atoms with Gasteiger partial charge in [0.2, 0.25) is 0 Å². The van der Waals surface area contributed by atoms with Crippen molar-refractivity contribution < 1.29 is 19.7 Å². The van der Waals surface area contributed by atoms with Crippen LogP contribution in [0.3, 0.4) is 0 Å². The van der Waals surface area contributed by atoms with Crippen LogP contribution in [0.15, 0.2) is 12.1 Å². The minimum Gasteiger partial charge on any atom is -0.467 e. The largest absolute Gasteiger partial charge is 0.467 e. The zero-order chi connectivity index (χ0) is 12.3. The first-order chi connectivity index (χ1) is 7.45. The highest BCUT2D eigenvalue weighted by Crippen LogP contribution is 2.19. The summed E-state index contributed by atoms with van der Waals surface area (Å²) in [4.78, 5) is 15.2. The number of ether oxygens (including phenoxy) is 1. The highest BCUT2D eigenvalue weighted by molar-refractivity contribution is 5.75. The molecule has 2 unspecified atom stereocenters. The van der Waals surface area contributed by atoms with Gasteiger partial charge in [0.25, 0.3) is 0 Å². The van der Waals surface area contributed by atoms with Crippen LogP contribution < -0.4 is 0 Å². The van der Waals surface area contributed by atoms with Gasteiger partial charge >= 0.3 is 5.97 Å². The van der Waals surface area contributed by atoms with Gasteiger partial charge in [0.05, 0.1) is 7.11 Å². The quantitative estimate of drug-likeness (QED) is 0.721. The number of carbonyl (C=O) groups excluding carboxylic acids is 1. The van der Waals surface area contributed by atoms with Gasteiger partial charge < -0.3 is 14.9 Å². The van der Waals surface area contributed by atoms with Gasteiger partial charge in [-0.3, -0.25) is 4.98 Å². The van der Waals surface area contributed by atoms with Crippen molar-refractivity contribution in [1.82, 2.24) is 4.98 Å². The van der Waals surface area contributed by atoms with Crippen LogP contribution in [0, 0.1) is 13.8 Å². The summed E-state index contributed by atoms with van der Waals surface area (Å²) < 4.78 is 4.35. The summed E-state index contributed by atoms with van der Waals surface area (Å²) >= 11 is 0. The van der Waals surface area contributed by atoms with Crippen molar-refractivity contribution in [3.63, 3.8) is 0 Å². The minimum atomic E-state index is -1.58. The second-order valence-electron chi connectivity index (χ2n) is 3.60. The number of aryl methyl sites for hydroxylation is 2. The third kappa shape index (κ3) is 2.77. The molecule has 0 aliphatic rings. The van der Waals surface area contributed by atoms with E-state index in [1.807, 2.05) is 0 Å². The number of pyridine rings is 1. The van der Waals surface area contributed by atoms with E-state index in [0.717, 1.165) is 7.11 Å². The average molecular weight is 225 g/mol. The Balaban J connectivity index is 2.95. The van der Waals surface area contributed by atoms with E-state index in [-0.39, 0.29) is 0 Å². The molecule has 88 valence electrons. The molecule has 0 aromatic carbocycles. The second kappa shape index (κ2) is 5.05. The summed E-state index contributed by atoms with van der Waals surface area (Å²) in [6.45, 7) is 3.54. The SMILES string of the molecule is COC(=O)C(O)C(O)c1cc(C)nc(C)c1. The molecule has 1 heterocycles. The van der Waals surface area contributed by atoms with E-state index in [9.17, 15) is 15.0 Å². The first-order valence-electron chi connectivity index (χ1n) is 4.85. The monoisotopic (exact) mass is 225 g/mol. The Morgan fingerprint density at radius 3 is 2.25 bits per heavy atom. The van der Waals surface area contributed by atoms with Crippen molar-refractivity contribution in [2.45, 2.75) is 26.1 Å². The van der Waals surface area contributed by atoms with Crippen LogP contribution in [0.25, 0.3) is 0 Å². The molecule has 0 saturated heterocycles. The van der Waals surface area contributed by atoms with Crippen molar-refractivity contribution >= 4 is 5.97 Å². The Hall–Kier alpha value is -1.46. The van der Waals surface area contributed by atoms with Crippen LogP contribution in [0.1, 0.15) is 23.1 Å². The van der Waals surface area contributed by atoms with Crippen LogP contribution in [0.2, 0.25) is 0 Å². The number of aromatic nitrogens is 1. The molecular formula is C11H15NO4. The molecule has 2 atom stereocenters. The van der Waals surface area contributed by atoms with E-state index in [1.165, 1.54) is 0 Å². The van der Waals surface area contributed by atoms with Gasteiger partial charge in [-0.25, -0.2) is 4.79 Å². The molecule has 0 amide bonds. The molecule has 2 N–H and O–H groups in total. The first kappa shape index (κ1) is 12.6. The predicted molar refractivity (Wildman–Crippen MR) is 56.7 cm³/mol.